The third-order valence-corrected chi connectivity index (χ3v) is 11.8. The van der Waals surface area contributed by atoms with Gasteiger partial charge >= 0.3 is 5.97 Å². The molecule has 480 valence electrons. The highest BCUT2D eigenvalue weighted by molar-refractivity contribution is 5.97. The second-order valence-corrected chi connectivity index (χ2v) is 22.6. The van der Waals surface area contributed by atoms with Gasteiger partial charge in [0.2, 0.25) is 59.1 Å². The molecule has 84 heavy (non-hydrogen) atoms. The Kier molecular flexibility index (Phi) is 29.9. The smallest absolute Gasteiger partial charge is 0.322 e. The first-order chi connectivity index (χ1) is 38.8. The molecule has 0 aliphatic carbocycles. The van der Waals surface area contributed by atoms with Gasteiger partial charge in [0.05, 0.1) is 62.7 Å². The second kappa shape index (κ2) is 34.0. The minimum Gasteiger partial charge on any atom is -0.480 e. The molecular formula is C50H86N10O24. The average Bonchev–Trinajstić information content (AvgIpc) is 3.60. The van der Waals surface area contributed by atoms with Crippen LogP contribution in [0.3, 0.4) is 0 Å². The lowest BCUT2D eigenvalue weighted by Crippen LogP contribution is -2.68. The van der Waals surface area contributed by atoms with E-state index in [1.165, 1.54) is 0 Å². The molecule has 2 aliphatic heterocycles. The van der Waals surface area contributed by atoms with Crippen molar-refractivity contribution in [2.45, 2.75) is 191 Å². The normalized spacial score (nSPS) is 24.1. The summed E-state index contributed by atoms with van der Waals surface area (Å²) in [5.41, 5.74) is -2.49. The predicted octanol–water partition coefficient (Wildman–Crippen LogP) is -8.40. The Morgan fingerprint density at radius 2 is 0.917 bits per heavy atom. The van der Waals surface area contributed by atoms with E-state index in [9.17, 15) is 83.4 Å². The van der Waals surface area contributed by atoms with Crippen LogP contribution in [0.4, 0.5) is 0 Å². The Hall–Kier alpha value is -6.31. The first-order valence-corrected chi connectivity index (χ1v) is 26.7. The molecule has 0 aromatic carbocycles. The fourth-order valence-electron chi connectivity index (χ4n) is 7.67. The maximum absolute atomic E-state index is 14.3. The molecule has 0 bridgehead atoms. The van der Waals surface area contributed by atoms with Crippen molar-refractivity contribution >= 4 is 65.0 Å². The van der Waals surface area contributed by atoms with Gasteiger partial charge in [-0.05, 0) is 68.7 Å². The summed E-state index contributed by atoms with van der Waals surface area (Å²) < 4.78 is 33.7. The topological polar surface area (TPSA) is 505 Å². The molecule has 0 aromatic rings. The Morgan fingerprint density at radius 1 is 0.488 bits per heavy atom. The van der Waals surface area contributed by atoms with Crippen molar-refractivity contribution < 1.29 is 117 Å². The first kappa shape index (κ1) is 73.8. The lowest BCUT2D eigenvalue weighted by molar-refractivity contribution is -0.268. The molecule has 34 nitrogen and oxygen atoms in total. The number of carboxylic acid groups (broad SMARTS) is 1. The lowest BCUT2D eigenvalue weighted by atomic mass is 9.95. The van der Waals surface area contributed by atoms with Gasteiger partial charge in [0.15, 0.2) is 12.5 Å². The molecule has 14 atom stereocenters. The summed E-state index contributed by atoms with van der Waals surface area (Å²) in [7, 11) is 0. The molecule has 2 saturated heterocycles. The van der Waals surface area contributed by atoms with Gasteiger partial charge in [-0.2, -0.15) is 0 Å². The minimum absolute atomic E-state index is 0.0231. The Bertz CT molecular complexity index is 2260. The van der Waals surface area contributed by atoms with Gasteiger partial charge in [0.1, 0.15) is 86.0 Å². The highest BCUT2D eigenvalue weighted by Crippen LogP contribution is 2.23. The van der Waals surface area contributed by atoms with Crippen molar-refractivity contribution in [2.24, 2.45) is 0 Å². The Morgan fingerprint density at radius 3 is 1.39 bits per heavy atom. The molecule has 0 spiro atoms. The zero-order chi connectivity index (χ0) is 64.0. The standard InChI is InChI=1S/C50H86N10O24/c1-23(63)54-36-40(73)38(71)29(18-61)83-46(36)60-31(65)14-26(57-34(68)22-79-47-37(55-24(2)64)41(74)39(72)30(19-62)84-47)45(78)59-28(21-82-50(9,10)11)44(77)52-16-33(67)58-27(20-81-49(6,7)8)43(76)51-15-32(66)56-25(12-13-80-48(3,4)5)42(75)53-17-35(69)70/h25-30,36-41,46-47,61-62,71-74H,12-22H2,1-11H3,(H,51,76)(H,52,77)(H,53,75)(H,54,63)(H,55,64)(H,56,66)(H,57,68)(H,58,67)(H,59,78)(H,60,65)(H,69,70)/t25-,26-,27-,28-,29?,30?,36?,37?,38?,39?,40?,41?,46?,47?/m0/s1. The highest BCUT2D eigenvalue weighted by Gasteiger charge is 2.47. The van der Waals surface area contributed by atoms with E-state index in [2.05, 4.69) is 53.2 Å². The molecule has 2 aliphatic rings. The molecule has 2 heterocycles. The van der Waals surface area contributed by atoms with Crippen molar-refractivity contribution in [1.29, 1.82) is 0 Å². The van der Waals surface area contributed by atoms with Gasteiger partial charge in [-0.25, -0.2) is 0 Å². The van der Waals surface area contributed by atoms with Crippen LogP contribution in [0.5, 0.6) is 0 Å². The summed E-state index contributed by atoms with van der Waals surface area (Å²) in [6.07, 6.45) is -14.6. The number of aliphatic carboxylic acids is 1. The molecular weight excluding hydrogens is 1120 g/mol. The number of rotatable bonds is 31. The number of carbonyl (C=O) groups is 11. The summed E-state index contributed by atoms with van der Waals surface area (Å²) >= 11 is 0. The van der Waals surface area contributed by atoms with E-state index in [0.29, 0.717) is 0 Å². The summed E-state index contributed by atoms with van der Waals surface area (Å²) in [6, 6.07) is -9.60. The molecule has 10 amide bonds. The number of ether oxygens (including phenoxy) is 6. The van der Waals surface area contributed by atoms with E-state index in [0.717, 1.165) is 13.8 Å². The van der Waals surface area contributed by atoms with Crippen molar-refractivity contribution in [3.8, 4) is 0 Å². The molecule has 2 fully saturated rings. The van der Waals surface area contributed by atoms with E-state index < -0.39 is 226 Å². The van der Waals surface area contributed by atoms with Crippen LogP contribution >= 0.6 is 0 Å². The molecule has 10 unspecified atom stereocenters. The number of amides is 10. The van der Waals surface area contributed by atoms with Crippen LogP contribution < -0.4 is 53.2 Å². The summed E-state index contributed by atoms with van der Waals surface area (Å²) in [5, 5.41) is 94.1. The fourth-order valence-corrected chi connectivity index (χ4v) is 7.67. The number of aliphatic hydroxyl groups is 6. The number of nitrogens with one attached hydrogen (secondary N) is 10. The summed E-state index contributed by atoms with van der Waals surface area (Å²) in [4.78, 5) is 144. The van der Waals surface area contributed by atoms with Gasteiger partial charge in [0.25, 0.3) is 0 Å². The van der Waals surface area contributed by atoms with Crippen LogP contribution in [-0.4, -0.2) is 262 Å². The lowest BCUT2D eigenvalue weighted by Gasteiger charge is -2.42. The maximum atomic E-state index is 14.3. The number of hydrogen-bond donors (Lipinski definition) is 17. The zero-order valence-corrected chi connectivity index (χ0v) is 48.9. The molecule has 34 heteroatoms. The maximum Gasteiger partial charge on any atom is 0.322 e. The molecule has 17 N–H and O–H groups in total. The van der Waals surface area contributed by atoms with Gasteiger partial charge in [-0.15, -0.1) is 0 Å². The summed E-state index contributed by atoms with van der Waals surface area (Å²) in [6.45, 7) is 10.8. The number of carbonyl (C=O) groups excluding carboxylic acids is 10. The third-order valence-electron chi connectivity index (χ3n) is 11.8. The van der Waals surface area contributed by atoms with Gasteiger partial charge in [-0.1, -0.05) is 0 Å². The van der Waals surface area contributed by atoms with Crippen LogP contribution in [0.1, 0.15) is 89.0 Å². The van der Waals surface area contributed by atoms with E-state index in [4.69, 9.17) is 33.5 Å². The van der Waals surface area contributed by atoms with Crippen molar-refractivity contribution in [3.63, 3.8) is 0 Å². The number of carboxylic acids is 1. The van der Waals surface area contributed by atoms with Crippen molar-refractivity contribution in [1.82, 2.24) is 53.2 Å². The third kappa shape index (κ3) is 27.2. The van der Waals surface area contributed by atoms with Crippen molar-refractivity contribution in [2.75, 3.05) is 59.3 Å². The van der Waals surface area contributed by atoms with Crippen LogP contribution in [0, 0.1) is 0 Å². The predicted molar refractivity (Wildman–Crippen MR) is 286 cm³/mol. The first-order valence-electron chi connectivity index (χ1n) is 26.7. The quantitative estimate of drug-likeness (QED) is 0.0306. The fraction of sp³-hybridized carbons (Fsp3) is 0.780. The van der Waals surface area contributed by atoms with E-state index in [1.54, 1.807) is 62.3 Å². The van der Waals surface area contributed by atoms with Gasteiger partial charge in [0, 0.05) is 20.5 Å². The van der Waals surface area contributed by atoms with Gasteiger partial charge < -0.3 is 117 Å². The minimum atomic E-state index is -2.00. The molecule has 0 radical (unpaired) electrons. The average molecular weight is 1210 g/mol. The van der Waals surface area contributed by atoms with Crippen LogP contribution in [0.2, 0.25) is 0 Å². The monoisotopic (exact) mass is 1210 g/mol. The summed E-state index contributed by atoms with van der Waals surface area (Å²) in [5.74, 6) is -11.2. The van der Waals surface area contributed by atoms with Crippen LogP contribution in [-0.2, 0) is 81.2 Å². The largest absolute Gasteiger partial charge is 0.480 e. The number of aliphatic hydroxyl groups excluding tert-OH is 6. The number of hydrogen-bond acceptors (Lipinski definition) is 23. The van der Waals surface area contributed by atoms with Crippen LogP contribution in [0.25, 0.3) is 0 Å². The van der Waals surface area contributed by atoms with E-state index in [1.807, 2.05) is 0 Å². The Labute approximate surface area is 484 Å². The molecule has 2 rings (SSSR count). The van der Waals surface area contributed by atoms with Crippen molar-refractivity contribution in [3.05, 3.63) is 0 Å². The SMILES string of the molecule is CC(=O)NC1C(NC(=O)C[C@H](NC(=O)COC2OC(CO)C(O)C(O)C2NC(C)=O)C(=O)N[C@@H](COC(C)(C)C)C(=O)NCC(=O)N[C@@H](COC(C)(C)C)C(=O)NCC(=O)N[C@@H](CCOC(C)(C)C)C(=O)NCC(=O)O)OC(CO)C(O)C1O. The zero-order valence-electron chi connectivity index (χ0n) is 48.9. The van der Waals surface area contributed by atoms with Gasteiger partial charge in [-0.3, -0.25) is 52.7 Å². The molecule has 0 saturated carbocycles. The second-order valence-electron chi connectivity index (χ2n) is 22.6. The van der Waals surface area contributed by atoms with E-state index >= 15 is 0 Å². The Balaban J connectivity index is 2.41. The highest BCUT2D eigenvalue weighted by atomic mass is 16.7. The molecule has 0 aromatic heterocycles. The van der Waals surface area contributed by atoms with Crippen LogP contribution in [0.15, 0.2) is 0 Å². The van der Waals surface area contributed by atoms with E-state index in [-0.39, 0.29) is 13.0 Å².